The highest BCUT2D eigenvalue weighted by atomic mass is 35.5. The van der Waals surface area contributed by atoms with Crippen molar-refractivity contribution in [2.24, 2.45) is 0 Å². The Hall–Kier alpha value is -2.73. The number of nitrogens with zero attached hydrogens (tertiary/aromatic N) is 2. The summed E-state index contributed by atoms with van der Waals surface area (Å²) in [5, 5.41) is 0.162. The first kappa shape index (κ1) is 17.1. The molecule has 1 aromatic carbocycles. The van der Waals surface area contributed by atoms with Gasteiger partial charge in [0.15, 0.2) is 0 Å². The number of esters is 1. The zero-order chi connectivity index (χ0) is 18.0. The monoisotopic (exact) mass is 360 g/mol. The second-order valence-electron chi connectivity index (χ2n) is 5.51. The molecule has 0 aliphatic carbocycles. The lowest BCUT2D eigenvalue weighted by molar-refractivity contribution is -0.144. The second-order valence-corrected chi connectivity index (χ2v) is 5.92. The lowest BCUT2D eigenvalue weighted by atomic mass is 10.1. The number of hydrogen-bond donors (Lipinski definition) is 0. The number of pyridine rings is 1. The zero-order valence-electron chi connectivity index (χ0n) is 13.3. The third-order valence-electron chi connectivity index (χ3n) is 3.70. The number of aromatic nitrogens is 2. The van der Waals surface area contributed by atoms with E-state index in [1.165, 1.54) is 28.7 Å². The molecule has 0 fully saturated rings. The van der Waals surface area contributed by atoms with Gasteiger partial charge in [0, 0.05) is 22.8 Å². The van der Waals surface area contributed by atoms with Crippen LogP contribution in [0.2, 0.25) is 5.02 Å². The van der Waals surface area contributed by atoms with Crippen LogP contribution in [0.1, 0.15) is 16.8 Å². The number of hydrogen-bond acceptors (Lipinski definition) is 4. The van der Waals surface area contributed by atoms with E-state index in [0.29, 0.717) is 11.3 Å². The number of carbonyl (C=O) groups excluding carboxylic acids is 1. The van der Waals surface area contributed by atoms with E-state index >= 15 is 0 Å². The van der Waals surface area contributed by atoms with E-state index in [4.69, 9.17) is 16.3 Å². The topological polar surface area (TPSA) is 60.7 Å². The molecule has 0 bridgehead atoms. The molecule has 0 N–H and O–H groups in total. The lowest BCUT2D eigenvalue weighted by Crippen LogP contribution is -2.17. The van der Waals surface area contributed by atoms with Crippen LogP contribution >= 0.6 is 11.6 Å². The molecule has 2 heterocycles. The lowest BCUT2D eigenvalue weighted by Gasteiger charge is -2.08. The zero-order valence-corrected chi connectivity index (χ0v) is 14.1. The molecule has 0 unspecified atom stereocenters. The van der Waals surface area contributed by atoms with E-state index < -0.39 is 11.8 Å². The maximum absolute atomic E-state index is 13.7. The summed E-state index contributed by atoms with van der Waals surface area (Å²) in [4.78, 5) is 28.4. The summed E-state index contributed by atoms with van der Waals surface area (Å²) in [6.45, 7) is 1.66. The molecule has 5 nitrogen and oxygen atoms in total. The predicted molar refractivity (Wildman–Crippen MR) is 91.1 cm³/mol. The molecular formula is C18H14ClFN2O3. The number of ether oxygens (including phenoxy) is 1. The molecule has 0 aliphatic heterocycles. The minimum absolute atomic E-state index is 0.0801. The minimum Gasteiger partial charge on any atom is -0.459 e. The Balaban J connectivity index is 1.75. The maximum Gasteiger partial charge on any atom is 0.310 e. The number of benzene rings is 1. The third kappa shape index (κ3) is 3.69. The van der Waals surface area contributed by atoms with Crippen LogP contribution in [0.25, 0.3) is 5.65 Å². The van der Waals surface area contributed by atoms with Gasteiger partial charge >= 0.3 is 5.97 Å². The molecule has 0 atom stereocenters. The molecule has 2 aromatic heterocycles. The van der Waals surface area contributed by atoms with Crippen LogP contribution in [0.5, 0.6) is 0 Å². The molecule has 7 heteroatoms. The highest BCUT2D eigenvalue weighted by Crippen LogP contribution is 2.20. The summed E-state index contributed by atoms with van der Waals surface area (Å²) in [7, 11) is 0. The Bertz CT molecular complexity index is 997. The Morgan fingerprint density at radius 2 is 2.12 bits per heavy atom. The minimum atomic E-state index is -0.654. The van der Waals surface area contributed by atoms with E-state index in [9.17, 15) is 14.0 Å². The molecule has 0 spiro atoms. The Morgan fingerprint density at radius 3 is 2.88 bits per heavy atom. The predicted octanol–water partition coefficient (Wildman–Crippen LogP) is 3.08. The number of halogens is 2. The average Bonchev–Trinajstić information content (AvgIpc) is 2.57. The number of rotatable bonds is 4. The van der Waals surface area contributed by atoms with Crippen molar-refractivity contribution >= 4 is 23.2 Å². The number of carbonyl (C=O) groups is 1. The van der Waals surface area contributed by atoms with Crippen molar-refractivity contribution in [1.82, 2.24) is 9.38 Å². The third-order valence-corrected chi connectivity index (χ3v) is 4.06. The molecule has 0 amide bonds. The van der Waals surface area contributed by atoms with Crippen molar-refractivity contribution in [3.05, 3.63) is 80.6 Å². The Morgan fingerprint density at radius 1 is 1.32 bits per heavy atom. The van der Waals surface area contributed by atoms with Gasteiger partial charge < -0.3 is 4.74 Å². The van der Waals surface area contributed by atoms with Crippen LogP contribution in [-0.4, -0.2) is 15.4 Å². The van der Waals surface area contributed by atoms with Crippen LogP contribution in [0, 0.1) is 12.7 Å². The molecule has 0 saturated heterocycles. The van der Waals surface area contributed by atoms with Gasteiger partial charge in [-0.05, 0) is 30.7 Å². The van der Waals surface area contributed by atoms with Gasteiger partial charge in [0.2, 0.25) is 0 Å². The highest BCUT2D eigenvalue weighted by molar-refractivity contribution is 6.31. The van der Waals surface area contributed by atoms with Gasteiger partial charge in [-0.15, -0.1) is 0 Å². The van der Waals surface area contributed by atoms with Gasteiger partial charge in [0.25, 0.3) is 5.56 Å². The van der Waals surface area contributed by atoms with Crippen LogP contribution in [-0.2, 0) is 22.6 Å². The van der Waals surface area contributed by atoms with Crippen molar-refractivity contribution in [3.63, 3.8) is 0 Å². The highest BCUT2D eigenvalue weighted by Gasteiger charge is 2.14. The van der Waals surface area contributed by atoms with Gasteiger partial charge in [-0.2, -0.15) is 0 Å². The van der Waals surface area contributed by atoms with E-state index in [1.807, 2.05) is 13.0 Å². The summed E-state index contributed by atoms with van der Waals surface area (Å²) in [5.74, 6) is -1.22. The van der Waals surface area contributed by atoms with Crippen LogP contribution < -0.4 is 5.56 Å². The summed E-state index contributed by atoms with van der Waals surface area (Å²) in [6.07, 6.45) is 1.32. The molecular weight excluding hydrogens is 347 g/mol. The first-order valence-electron chi connectivity index (χ1n) is 7.52. The Labute approximate surface area is 147 Å². The van der Waals surface area contributed by atoms with Crippen molar-refractivity contribution in [2.75, 3.05) is 0 Å². The van der Waals surface area contributed by atoms with E-state index in [0.717, 1.165) is 5.56 Å². The van der Waals surface area contributed by atoms with Gasteiger partial charge in [-0.25, -0.2) is 9.37 Å². The Kier molecular flexibility index (Phi) is 4.81. The molecule has 3 rings (SSSR count). The fourth-order valence-corrected chi connectivity index (χ4v) is 2.66. The van der Waals surface area contributed by atoms with Crippen LogP contribution in [0.3, 0.4) is 0 Å². The summed E-state index contributed by atoms with van der Waals surface area (Å²) < 4.78 is 20.2. The normalized spacial score (nSPS) is 10.8. The molecule has 3 aromatic rings. The van der Waals surface area contributed by atoms with E-state index in [2.05, 4.69) is 4.98 Å². The van der Waals surface area contributed by atoms with Crippen molar-refractivity contribution in [1.29, 1.82) is 0 Å². The first-order chi connectivity index (χ1) is 12.0. The molecule has 0 aliphatic rings. The average molecular weight is 361 g/mol. The molecule has 128 valence electrons. The maximum atomic E-state index is 13.7. The quantitative estimate of drug-likeness (QED) is 0.671. The largest absolute Gasteiger partial charge is 0.459 e. The van der Waals surface area contributed by atoms with Gasteiger partial charge in [-0.3, -0.25) is 14.0 Å². The SMILES string of the molecule is Cc1cccn2c(=O)cc(COC(=O)Cc3c(F)cccc3Cl)nc12. The number of aryl methyl sites for hydroxylation is 1. The summed E-state index contributed by atoms with van der Waals surface area (Å²) in [6, 6.07) is 9.07. The van der Waals surface area contributed by atoms with Gasteiger partial charge in [0.05, 0.1) is 12.1 Å². The van der Waals surface area contributed by atoms with Crippen LogP contribution in [0.15, 0.2) is 47.4 Å². The molecule has 0 saturated carbocycles. The molecule has 0 radical (unpaired) electrons. The van der Waals surface area contributed by atoms with E-state index in [-0.39, 0.29) is 29.2 Å². The fourth-order valence-electron chi connectivity index (χ4n) is 2.43. The molecule has 25 heavy (non-hydrogen) atoms. The first-order valence-corrected chi connectivity index (χ1v) is 7.90. The summed E-state index contributed by atoms with van der Waals surface area (Å²) in [5.41, 5.74) is 1.46. The van der Waals surface area contributed by atoms with Crippen LogP contribution in [0.4, 0.5) is 4.39 Å². The standard InChI is InChI=1S/C18H14ClFN2O3/c1-11-4-3-7-22-16(23)8-12(21-18(11)22)10-25-17(24)9-13-14(19)5-2-6-15(13)20/h2-8H,9-10H2,1H3. The smallest absolute Gasteiger partial charge is 0.310 e. The number of fused-ring (bicyclic) bond motifs is 1. The second kappa shape index (κ2) is 7.03. The fraction of sp³-hybridized carbons (Fsp3) is 0.167. The summed E-state index contributed by atoms with van der Waals surface area (Å²) >= 11 is 5.89. The van der Waals surface area contributed by atoms with Crippen molar-refractivity contribution in [3.8, 4) is 0 Å². The van der Waals surface area contributed by atoms with Gasteiger partial charge in [-0.1, -0.05) is 23.7 Å². The van der Waals surface area contributed by atoms with Crippen molar-refractivity contribution in [2.45, 2.75) is 20.0 Å². The van der Waals surface area contributed by atoms with E-state index in [1.54, 1.807) is 12.3 Å². The van der Waals surface area contributed by atoms with Gasteiger partial charge in [0.1, 0.15) is 18.1 Å². The van der Waals surface area contributed by atoms with Crippen molar-refractivity contribution < 1.29 is 13.9 Å².